The molecule has 0 aliphatic rings. The van der Waals surface area contributed by atoms with Crippen LogP contribution in [0.4, 0.5) is 0 Å². The Morgan fingerprint density at radius 1 is 1.24 bits per heavy atom. The van der Waals surface area contributed by atoms with Gasteiger partial charge in [0, 0.05) is 11.6 Å². The number of rotatable bonds is 4. The van der Waals surface area contributed by atoms with Gasteiger partial charge in [0.15, 0.2) is 0 Å². The maximum absolute atomic E-state index is 11.1. The summed E-state index contributed by atoms with van der Waals surface area (Å²) in [6, 6.07) is 9.15. The number of hydrogen-bond acceptors (Lipinski definition) is 3. The smallest absolute Gasteiger partial charge is 0.264 e. The van der Waals surface area contributed by atoms with Gasteiger partial charge < -0.3 is 4.74 Å². The van der Waals surface area contributed by atoms with Crippen LogP contribution in [0.25, 0.3) is 11.1 Å². The van der Waals surface area contributed by atoms with Gasteiger partial charge in [0.2, 0.25) is 0 Å². The summed E-state index contributed by atoms with van der Waals surface area (Å²) in [6.07, 6.45) is 2.61. The largest absolute Gasteiger partial charge is 0.494 e. The van der Waals surface area contributed by atoms with E-state index in [4.69, 9.17) is 4.74 Å². The van der Waals surface area contributed by atoms with Crippen LogP contribution in [0.2, 0.25) is 0 Å². The zero-order chi connectivity index (χ0) is 12.1. The van der Waals surface area contributed by atoms with Crippen molar-refractivity contribution in [3.05, 3.63) is 46.9 Å². The molecule has 4 nitrogen and oxygen atoms in total. The van der Waals surface area contributed by atoms with Crippen LogP contribution >= 0.6 is 0 Å². The monoisotopic (exact) mass is 230 g/mol. The molecule has 0 saturated heterocycles. The van der Waals surface area contributed by atoms with Crippen molar-refractivity contribution in [2.24, 2.45) is 0 Å². The molecule has 17 heavy (non-hydrogen) atoms. The fourth-order valence-corrected chi connectivity index (χ4v) is 1.50. The third-order valence-corrected chi connectivity index (χ3v) is 2.33. The molecule has 1 aromatic carbocycles. The number of aromatic amines is 1. The second-order valence-electron chi connectivity index (χ2n) is 3.71. The molecule has 1 heterocycles. The van der Waals surface area contributed by atoms with Crippen molar-refractivity contribution in [1.29, 1.82) is 0 Å². The van der Waals surface area contributed by atoms with Gasteiger partial charge in [-0.25, -0.2) is 5.10 Å². The van der Waals surface area contributed by atoms with Gasteiger partial charge in [0.25, 0.3) is 5.56 Å². The number of hydrogen-bond donors (Lipinski definition) is 1. The molecular weight excluding hydrogens is 216 g/mol. The summed E-state index contributed by atoms with van der Waals surface area (Å²) in [5.41, 5.74) is 1.55. The number of nitrogens with zero attached hydrogens (tertiary/aromatic N) is 1. The Kier molecular flexibility index (Phi) is 3.55. The molecule has 0 atom stereocenters. The van der Waals surface area contributed by atoms with Gasteiger partial charge in [-0.3, -0.25) is 4.79 Å². The van der Waals surface area contributed by atoms with Crippen LogP contribution in [0.3, 0.4) is 0 Å². The summed E-state index contributed by atoms with van der Waals surface area (Å²) >= 11 is 0. The average Bonchev–Trinajstić information content (AvgIpc) is 2.37. The molecule has 1 N–H and O–H groups in total. The first kappa shape index (κ1) is 11.4. The van der Waals surface area contributed by atoms with E-state index in [0.717, 1.165) is 23.3 Å². The second-order valence-corrected chi connectivity index (χ2v) is 3.71. The quantitative estimate of drug-likeness (QED) is 0.876. The highest BCUT2D eigenvalue weighted by Crippen LogP contribution is 2.20. The van der Waals surface area contributed by atoms with E-state index in [1.807, 2.05) is 24.3 Å². The van der Waals surface area contributed by atoms with Crippen molar-refractivity contribution in [3.8, 4) is 16.9 Å². The molecule has 4 heteroatoms. The minimum absolute atomic E-state index is 0.200. The lowest BCUT2D eigenvalue weighted by Gasteiger charge is -2.05. The Morgan fingerprint density at radius 3 is 2.65 bits per heavy atom. The number of ether oxygens (including phenoxy) is 1. The molecular formula is C13H14N2O2. The summed E-state index contributed by atoms with van der Waals surface area (Å²) in [5, 5.41) is 6.11. The Hall–Kier alpha value is -2.10. The lowest BCUT2D eigenvalue weighted by atomic mass is 10.1. The van der Waals surface area contributed by atoms with E-state index in [1.165, 1.54) is 6.07 Å². The highest BCUT2D eigenvalue weighted by Gasteiger charge is 1.99. The van der Waals surface area contributed by atoms with Crippen molar-refractivity contribution in [1.82, 2.24) is 10.2 Å². The number of benzene rings is 1. The first-order valence-electron chi connectivity index (χ1n) is 5.57. The molecule has 0 unspecified atom stereocenters. The van der Waals surface area contributed by atoms with Gasteiger partial charge in [-0.1, -0.05) is 19.1 Å². The first-order chi connectivity index (χ1) is 8.29. The van der Waals surface area contributed by atoms with Crippen molar-refractivity contribution >= 4 is 0 Å². The molecule has 0 amide bonds. The summed E-state index contributed by atoms with van der Waals surface area (Å²) in [4.78, 5) is 11.1. The summed E-state index contributed by atoms with van der Waals surface area (Å²) in [5.74, 6) is 0.841. The third kappa shape index (κ3) is 2.93. The van der Waals surface area contributed by atoms with Crippen LogP contribution in [0.5, 0.6) is 5.75 Å². The van der Waals surface area contributed by atoms with E-state index in [-0.39, 0.29) is 5.56 Å². The highest BCUT2D eigenvalue weighted by molar-refractivity contribution is 5.62. The minimum Gasteiger partial charge on any atom is -0.494 e. The standard InChI is InChI=1S/C13H14N2O2/c1-2-7-17-12-5-3-10(4-6-12)11-8-13(16)15-14-9-11/h3-6,8-9H,2,7H2,1H3,(H,15,16). The zero-order valence-electron chi connectivity index (χ0n) is 9.64. The van der Waals surface area contributed by atoms with Crippen LogP contribution in [0.15, 0.2) is 41.3 Å². The molecule has 0 aliphatic heterocycles. The topological polar surface area (TPSA) is 55.0 Å². The van der Waals surface area contributed by atoms with Gasteiger partial charge in [0.05, 0.1) is 12.8 Å². The number of nitrogens with one attached hydrogen (secondary N) is 1. The van der Waals surface area contributed by atoms with E-state index in [2.05, 4.69) is 17.1 Å². The zero-order valence-corrected chi connectivity index (χ0v) is 9.64. The highest BCUT2D eigenvalue weighted by atomic mass is 16.5. The minimum atomic E-state index is -0.200. The maximum atomic E-state index is 11.1. The molecule has 0 bridgehead atoms. The van der Waals surface area contributed by atoms with Gasteiger partial charge in [-0.15, -0.1) is 0 Å². The van der Waals surface area contributed by atoms with Gasteiger partial charge >= 0.3 is 0 Å². The molecule has 2 aromatic rings. The molecule has 0 saturated carbocycles. The molecule has 2 rings (SSSR count). The average molecular weight is 230 g/mol. The Bertz CT molecular complexity index is 532. The van der Waals surface area contributed by atoms with Crippen LogP contribution in [-0.4, -0.2) is 16.8 Å². The van der Waals surface area contributed by atoms with E-state index in [9.17, 15) is 4.79 Å². The van der Waals surface area contributed by atoms with Crippen molar-refractivity contribution in [3.63, 3.8) is 0 Å². The number of H-pyrrole nitrogens is 1. The summed E-state index contributed by atoms with van der Waals surface area (Å²) < 4.78 is 5.49. The van der Waals surface area contributed by atoms with Crippen molar-refractivity contribution in [2.45, 2.75) is 13.3 Å². The fraction of sp³-hybridized carbons (Fsp3) is 0.231. The third-order valence-electron chi connectivity index (χ3n) is 2.33. The Morgan fingerprint density at radius 2 is 2.00 bits per heavy atom. The van der Waals surface area contributed by atoms with Crippen LogP contribution in [-0.2, 0) is 0 Å². The Labute approximate surface area is 99.3 Å². The van der Waals surface area contributed by atoms with Crippen molar-refractivity contribution in [2.75, 3.05) is 6.61 Å². The van der Waals surface area contributed by atoms with E-state index >= 15 is 0 Å². The molecule has 0 aliphatic carbocycles. The van der Waals surface area contributed by atoms with Crippen molar-refractivity contribution < 1.29 is 4.74 Å². The van der Waals surface area contributed by atoms with E-state index in [1.54, 1.807) is 6.20 Å². The molecule has 0 spiro atoms. The lowest BCUT2D eigenvalue weighted by molar-refractivity contribution is 0.317. The summed E-state index contributed by atoms with van der Waals surface area (Å²) in [7, 11) is 0. The maximum Gasteiger partial charge on any atom is 0.264 e. The molecule has 88 valence electrons. The van der Waals surface area contributed by atoms with Crippen LogP contribution < -0.4 is 10.3 Å². The summed E-state index contributed by atoms with van der Waals surface area (Å²) in [6.45, 7) is 2.78. The van der Waals surface area contributed by atoms with E-state index < -0.39 is 0 Å². The van der Waals surface area contributed by atoms with Gasteiger partial charge in [-0.05, 0) is 24.1 Å². The predicted molar refractivity (Wildman–Crippen MR) is 66.1 cm³/mol. The molecule has 1 aromatic heterocycles. The fourth-order valence-electron chi connectivity index (χ4n) is 1.50. The first-order valence-corrected chi connectivity index (χ1v) is 5.57. The Balaban J connectivity index is 2.20. The lowest BCUT2D eigenvalue weighted by Crippen LogP contribution is -2.05. The number of aromatic nitrogens is 2. The SMILES string of the molecule is CCCOc1ccc(-c2cn[nH]c(=O)c2)cc1. The van der Waals surface area contributed by atoms with Gasteiger partial charge in [0.1, 0.15) is 5.75 Å². The van der Waals surface area contributed by atoms with E-state index in [0.29, 0.717) is 6.61 Å². The van der Waals surface area contributed by atoms with Crippen LogP contribution in [0.1, 0.15) is 13.3 Å². The molecule has 0 fully saturated rings. The van der Waals surface area contributed by atoms with Crippen LogP contribution in [0, 0.1) is 0 Å². The normalized spacial score (nSPS) is 10.2. The van der Waals surface area contributed by atoms with Gasteiger partial charge in [-0.2, -0.15) is 5.10 Å². The predicted octanol–water partition coefficient (Wildman–Crippen LogP) is 2.23. The second kappa shape index (κ2) is 5.30. The molecule has 0 radical (unpaired) electrons.